The maximum Gasteiger partial charge on any atom is 0.243 e. The third kappa shape index (κ3) is 6.07. The zero-order valence-electron chi connectivity index (χ0n) is 15.2. The van der Waals surface area contributed by atoms with E-state index in [1.807, 2.05) is 56.3 Å². The molecule has 2 aromatic rings. The predicted molar refractivity (Wildman–Crippen MR) is 109 cm³/mol. The molecule has 0 unspecified atom stereocenters. The molecule has 6 heteroatoms. The molecule has 1 N–H and O–H groups in total. The van der Waals surface area contributed by atoms with Gasteiger partial charge in [0.05, 0.1) is 6.54 Å². The van der Waals surface area contributed by atoms with Crippen molar-refractivity contribution in [2.75, 3.05) is 24.7 Å². The fourth-order valence-corrected chi connectivity index (χ4v) is 3.32. The lowest BCUT2D eigenvalue weighted by molar-refractivity contribution is -0.132. The van der Waals surface area contributed by atoms with E-state index in [9.17, 15) is 9.59 Å². The summed E-state index contributed by atoms with van der Waals surface area (Å²) in [7, 11) is 1.65. The molecule has 0 saturated heterocycles. The van der Waals surface area contributed by atoms with Crippen LogP contribution in [0.4, 0.5) is 5.69 Å². The minimum atomic E-state index is -0.195. The van der Waals surface area contributed by atoms with Crippen molar-refractivity contribution < 1.29 is 9.59 Å². The summed E-state index contributed by atoms with van der Waals surface area (Å²) < 4.78 is 0. The molecule has 0 radical (unpaired) electrons. The highest BCUT2D eigenvalue weighted by atomic mass is 35.5. The van der Waals surface area contributed by atoms with Crippen LogP contribution in [0.25, 0.3) is 0 Å². The highest BCUT2D eigenvalue weighted by molar-refractivity contribution is 7.99. The van der Waals surface area contributed by atoms with E-state index in [2.05, 4.69) is 5.32 Å². The summed E-state index contributed by atoms with van der Waals surface area (Å²) in [5.41, 5.74) is 2.94. The second-order valence-corrected chi connectivity index (χ2v) is 7.70. The van der Waals surface area contributed by atoms with Crippen LogP contribution >= 0.6 is 23.4 Å². The molecule has 0 aliphatic heterocycles. The lowest BCUT2D eigenvalue weighted by Crippen LogP contribution is -2.35. The molecule has 0 saturated carbocycles. The van der Waals surface area contributed by atoms with Gasteiger partial charge in [-0.3, -0.25) is 9.59 Å². The number of carbonyl (C=O) groups excluding carboxylic acids is 2. The minimum absolute atomic E-state index is 0.0395. The van der Waals surface area contributed by atoms with Gasteiger partial charge in [0, 0.05) is 34.8 Å². The Hall–Kier alpha value is -1.98. The molecule has 2 amide bonds. The molecule has 0 aromatic heterocycles. The Morgan fingerprint density at radius 3 is 2.50 bits per heavy atom. The average Bonchev–Trinajstić information content (AvgIpc) is 2.60. The van der Waals surface area contributed by atoms with Crippen LogP contribution < -0.4 is 5.32 Å². The van der Waals surface area contributed by atoms with Gasteiger partial charge in [0.1, 0.15) is 0 Å². The van der Waals surface area contributed by atoms with E-state index in [-0.39, 0.29) is 18.4 Å². The van der Waals surface area contributed by atoms with Crippen molar-refractivity contribution in [2.45, 2.75) is 25.2 Å². The zero-order valence-corrected chi connectivity index (χ0v) is 16.8. The van der Waals surface area contributed by atoms with E-state index in [0.29, 0.717) is 17.2 Å². The number of hydrogen-bond donors (Lipinski definition) is 1. The Labute approximate surface area is 163 Å². The van der Waals surface area contributed by atoms with Crippen LogP contribution in [-0.2, 0) is 9.59 Å². The number of carbonyl (C=O) groups is 2. The fourth-order valence-electron chi connectivity index (χ4n) is 2.36. The zero-order chi connectivity index (χ0) is 19.1. The number of amides is 2. The summed E-state index contributed by atoms with van der Waals surface area (Å²) in [5.74, 6) is 0.408. The quantitative estimate of drug-likeness (QED) is 0.706. The van der Waals surface area contributed by atoms with Gasteiger partial charge in [-0.2, -0.15) is 0 Å². The molecule has 0 bridgehead atoms. The van der Waals surface area contributed by atoms with Gasteiger partial charge in [-0.1, -0.05) is 23.7 Å². The first-order valence-electron chi connectivity index (χ1n) is 8.35. The standard InChI is InChI=1S/C20H23ClN2O2S/c1-14-5-4-6-18(15(14)2)22-19(24)13-23(3)20(25)11-12-26-17-9-7-16(21)8-10-17/h4-10H,11-13H2,1-3H3,(H,22,24). The van der Waals surface area contributed by atoms with E-state index in [4.69, 9.17) is 11.6 Å². The number of nitrogens with one attached hydrogen (secondary N) is 1. The molecule has 2 rings (SSSR count). The highest BCUT2D eigenvalue weighted by Gasteiger charge is 2.14. The summed E-state index contributed by atoms with van der Waals surface area (Å²) in [6.07, 6.45) is 0.376. The number of anilines is 1. The van der Waals surface area contributed by atoms with E-state index < -0.39 is 0 Å². The third-order valence-corrected chi connectivity index (χ3v) is 5.35. The molecule has 4 nitrogen and oxygen atoms in total. The maximum atomic E-state index is 12.2. The van der Waals surface area contributed by atoms with Gasteiger partial charge in [0.15, 0.2) is 0 Å². The second-order valence-electron chi connectivity index (χ2n) is 6.10. The van der Waals surface area contributed by atoms with Crippen LogP contribution in [0.2, 0.25) is 5.02 Å². The van der Waals surface area contributed by atoms with Gasteiger partial charge < -0.3 is 10.2 Å². The van der Waals surface area contributed by atoms with Gasteiger partial charge in [-0.25, -0.2) is 0 Å². The monoisotopic (exact) mass is 390 g/mol. The maximum absolute atomic E-state index is 12.2. The minimum Gasteiger partial charge on any atom is -0.336 e. The third-order valence-electron chi connectivity index (χ3n) is 4.08. The van der Waals surface area contributed by atoms with Crippen molar-refractivity contribution in [3.63, 3.8) is 0 Å². The Morgan fingerprint density at radius 2 is 1.81 bits per heavy atom. The summed E-state index contributed by atoms with van der Waals surface area (Å²) in [6, 6.07) is 13.3. The van der Waals surface area contributed by atoms with Crippen molar-refractivity contribution in [1.29, 1.82) is 0 Å². The summed E-state index contributed by atoms with van der Waals surface area (Å²) in [5, 5.41) is 3.57. The number of halogens is 1. The normalized spacial score (nSPS) is 10.5. The first-order valence-corrected chi connectivity index (χ1v) is 9.71. The number of nitrogens with zero attached hydrogens (tertiary/aromatic N) is 1. The lowest BCUT2D eigenvalue weighted by Gasteiger charge is -2.17. The van der Waals surface area contributed by atoms with E-state index in [1.54, 1.807) is 18.8 Å². The topological polar surface area (TPSA) is 49.4 Å². The number of likely N-dealkylation sites (N-methyl/N-ethyl adjacent to an activating group) is 1. The average molecular weight is 391 g/mol. The van der Waals surface area contributed by atoms with Crippen LogP contribution in [-0.4, -0.2) is 36.1 Å². The molecule has 0 aliphatic carbocycles. The highest BCUT2D eigenvalue weighted by Crippen LogP contribution is 2.21. The van der Waals surface area contributed by atoms with Gasteiger partial charge in [0.2, 0.25) is 11.8 Å². The fraction of sp³-hybridized carbons (Fsp3) is 0.300. The number of benzene rings is 2. The molecule has 0 spiro atoms. The van der Waals surface area contributed by atoms with E-state index in [0.717, 1.165) is 21.7 Å². The smallest absolute Gasteiger partial charge is 0.243 e. The van der Waals surface area contributed by atoms with Crippen molar-refractivity contribution in [3.05, 3.63) is 58.6 Å². The predicted octanol–water partition coefficient (Wildman–Crippen LogP) is 4.54. The molecular formula is C20H23ClN2O2S. The van der Waals surface area contributed by atoms with Gasteiger partial charge in [0.25, 0.3) is 0 Å². The van der Waals surface area contributed by atoms with Crippen molar-refractivity contribution in [2.24, 2.45) is 0 Å². The molecule has 2 aromatic carbocycles. The van der Waals surface area contributed by atoms with Crippen molar-refractivity contribution in [3.8, 4) is 0 Å². The number of thioether (sulfide) groups is 1. The van der Waals surface area contributed by atoms with E-state index >= 15 is 0 Å². The second kappa shape index (κ2) is 9.64. The summed E-state index contributed by atoms with van der Waals surface area (Å²) >= 11 is 7.45. The van der Waals surface area contributed by atoms with Crippen molar-refractivity contribution >= 4 is 40.9 Å². The molecule has 0 atom stereocenters. The molecule has 26 heavy (non-hydrogen) atoms. The first-order chi connectivity index (χ1) is 12.4. The van der Waals surface area contributed by atoms with Crippen molar-refractivity contribution in [1.82, 2.24) is 4.90 Å². The largest absolute Gasteiger partial charge is 0.336 e. The molecule has 0 aliphatic rings. The van der Waals surface area contributed by atoms with Crippen LogP contribution in [0.5, 0.6) is 0 Å². The number of rotatable bonds is 7. The number of aryl methyl sites for hydroxylation is 1. The molecule has 0 heterocycles. The van der Waals surface area contributed by atoms with Crippen LogP contribution in [0, 0.1) is 13.8 Å². The van der Waals surface area contributed by atoms with Gasteiger partial charge in [-0.15, -0.1) is 11.8 Å². The molecular weight excluding hydrogens is 368 g/mol. The Balaban J connectivity index is 1.77. The lowest BCUT2D eigenvalue weighted by atomic mass is 10.1. The molecule has 138 valence electrons. The first kappa shape index (κ1) is 20.3. The Bertz CT molecular complexity index is 778. The van der Waals surface area contributed by atoms with Crippen LogP contribution in [0.3, 0.4) is 0 Å². The number of hydrogen-bond acceptors (Lipinski definition) is 3. The summed E-state index contributed by atoms with van der Waals surface area (Å²) in [6.45, 7) is 4.00. The van der Waals surface area contributed by atoms with Crippen LogP contribution in [0.15, 0.2) is 47.4 Å². The van der Waals surface area contributed by atoms with Gasteiger partial charge in [-0.05, 0) is 55.3 Å². The van der Waals surface area contributed by atoms with E-state index in [1.165, 1.54) is 4.90 Å². The van der Waals surface area contributed by atoms with Crippen LogP contribution in [0.1, 0.15) is 17.5 Å². The van der Waals surface area contributed by atoms with Gasteiger partial charge >= 0.3 is 0 Å². The SMILES string of the molecule is Cc1cccc(NC(=O)CN(C)C(=O)CCSc2ccc(Cl)cc2)c1C. The Morgan fingerprint density at radius 1 is 1.12 bits per heavy atom. The molecule has 0 fully saturated rings. The Kier molecular flexibility index (Phi) is 7.54. The summed E-state index contributed by atoms with van der Waals surface area (Å²) in [4.78, 5) is 26.9.